The monoisotopic (exact) mass is 271 g/mol. The van der Waals surface area contributed by atoms with Gasteiger partial charge in [-0.05, 0) is 29.7 Å². The standard InChI is InChI=1S/C18H13N3/c1-20-8-6-13-10-15-17(11-16(13)20)21-9-7-12-4-2-3-5-14(12)18(21)19-15/h2-11H,1H3. The molecule has 3 aromatic heterocycles. The molecule has 0 saturated carbocycles. The average Bonchev–Trinajstić information content (AvgIpc) is 3.06. The van der Waals surface area contributed by atoms with Crippen molar-refractivity contribution in [1.29, 1.82) is 0 Å². The van der Waals surface area contributed by atoms with Gasteiger partial charge in [-0.15, -0.1) is 0 Å². The second-order valence-corrected chi connectivity index (χ2v) is 5.53. The summed E-state index contributed by atoms with van der Waals surface area (Å²) in [5.41, 5.74) is 4.46. The van der Waals surface area contributed by atoms with Crippen LogP contribution in [0.5, 0.6) is 0 Å². The number of hydrogen-bond acceptors (Lipinski definition) is 1. The molecule has 0 aliphatic rings. The van der Waals surface area contributed by atoms with E-state index in [1.165, 1.54) is 21.7 Å². The van der Waals surface area contributed by atoms with Crippen molar-refractivity contribution in [3.8, 4) is 0 Å². The van der Waals surface area contributed by atoms with Crippen LogP contribution in [0.4, 0.5) is 0 Å². The van der Waals surface area contributed by atoms with E-state index in [9.17, 15) is 0 Å². The summed E-state index contributed by atoms with van der Waals surface area (Å²) < 4.78 is 4.33. The predicted octanol–water partition coefficient (Wildman–Crippen LogP) is 4.13. The minimum Gasteiger partial charge on any atom is -0.350 e. The number of rotatable bonds is 0. The molecule has 0 saturated heterocycles. The summed E-state index contributed by atoms with van der Waals surface area (Å²) in [5.74, 6) is 0. The molecule has 0 N–H and O–H groups in total. The summed E-state index contributed by atoms with van der Waals surface area (Å²) in [6.07, 6.45) is 4.20. The lowest BCUT2D eigenvalue weighted by molar-refractivity contribution is 0.969. The quantitative estimate of drug-likeness (QED) is 0.415. The second-order valence-electron chi connectivity index (χ2n) is 5.53. The minimum atomic E-state index is 1.03. The fourth-order valence-corrected chi connectivity index (χ4v) is 3.20. The van der Waals surface area contributed by atoms with Crippen molar-refractivity contribution >= 4 is 38.4 Å². The van der Waals surface area contributed by atoms with E-state index in [2.05, 4.69) is 76.9 Å². The van der Waals surface area contributed by atoms with Gasteiger partial charge in [0.2, 0.25) is 0 Å². The van der Waals surface area contributed by atoms with Crippen LogP contribution in [-0.4, -0.2) is 14.0 Å². The first-order valence-electron chi connectivity index (χ1n) is 7.06. The van der Waals surface area contributed by atoms with Gasteiger partial charge in [0.05, 0.1) is 11.0 Å². The van der Waals surface area contributed by atoms with Gasteiger partial charge in [-0.1, -0.05) is 24.3 Å². The molecule has 0 spiro atoms. The van der Waals surface area contributed by atoms with E-state index in [-0.39, 0.29) is 0 Å². The molecule has 0 aliphatic carbocycles. The molecule has 0 radical (unpaired) electrons. The maximum atomic E-state index is 4.86. The second kappa shape index (κ2) is 3.64. The largest absolute Gasteiger partial charge is 0.350 e. The van der Waals surface area contributed by atoms with Crippen LogP contribution < -0.4 is 0 Å². The average molecular weight is 271 g/mol. The van der Waals surface area contributed by atoms with Crippen molar-refractivity contribution in [2.45, 2.75) is 0 Å². The molecule has 0 fully saturated rings. The summed E-state index contributed by atoms with van der Waals surface area (Å²) >= 11 is 0. The van der Waals surface area contributed by atoms with E-state index in [1.54, 1.807) is 0 Å². The summed E-state index contributed by atoms with van der Waals surface area (Å²) in [4.78, 5) is 4.86. The Morgan fingerprint density at radius 2 is 1.71 bits per heavy atom. The molecular formula is C18H13N3. The highest BCUT2D eigenvalue weighted by atomic mass is 15.0. The summed E-state index contributed by atoms with van der Waals surface area (Å²) in [5, 5.41) is 3.66. The van der Waals surface area contributed by atoms with E-state index in [0.29, 0.717) is 0 Å². The van der Waals surface area contributed by atoms with Crippen molar-refractivity contribution in [2.75, 3.05) is 0 Å². The summed E-state index contributed by atoms with van der Waals surface area (Å²) in [6.45, 7) is 0. The van der Waals surface area contributed by atoms with Crippen molar-refractivity contribution in [3.63, 3.8) is 0 Å². The highest BCUT2D eigenvalue weighted by Crippen LogP contribution is 2.27. The molecule has 3 nitrogen and oxygen atoms in total. The Morgan fingerprint density at radius 3 is 2.67 bits per heavy atom. The van der Waals surface area contributed by atoms with Gasteiger partial charge in [0.1, 0.15) is 5.65 Å². The Morgan fingerprint density at radius 1 is 0.857 bits per heavy atom. The lowest BCUT2D eigenvalue weighted by Crippen LogP contribution is -1.87. The zero-order valence-electron chi connectivity index (χ0n) is 11.6. The van der Waals surface area contributed by atoms with Crippen LogP contribution in [0, 0.1) is 0 Å². The number of hydrogen-bond donors (Lipinski definition) is 0. The molecule has 3 heterocycles. The van der Waals surface area contributed by atoms with Crippen LogP contribution in [0.15, 0.2) is 60.9 Å². The third kappa shape index (κ3) is 1.35. The smallest absolute Gasteiger partial charge is 0.145 e. The van der Waals surface area contributed by atoms with E-state index in [1.807, 2.05) is 0 Å². The predicted molar refractivity (Wildman–Crippen MR) is 86.7 cm³/mol. The topological polar surface area (TPSA) is 22.2 Å². The van der Waals surface area contributed by atoms with Gasteiger partial charge >= 0.3 is 0 Å². The van der Waals surface area contributed by atoms with Crippen LogP contribution in [0.2, 0.25) is 0 Å². The number of aromatic nitrogens is 3. The first-order chi connectivity index (χ1) is 10.3. The van der Waals surface area contributed by atoms with E-state index in [4.69, 9.17) is 4.98 Å². The molecular weight excluding hydrogens is 258 g/mol. The van der Waals surface area contributed by atoms with Crippen LogP contribution in [0.3, 0.4) is 0 Å². The Kier molecular flexibility index (Phi) is 1.89. The zero-order chi connectivity index (χ0) is 14.0. The Bertz CT molecular complexity index is 1140. The molecule has 0 bridgehead atoms. The van der Waals surface area contributed by atoms with E-state index < -0.39 is 0 Å². The van der Waals surface area contributed by atoms with E-state index in [0.717, 1.165) is 16.7 Å². The van der Waals surface area contributed by atoms with Gasteiger partial charge in [-0.25, -0.2) is 4.98 Å². The number of imidazole rings is 1. The third-order valence-electron chi connectivity index (χ3n) is 4.30. The van der Waals surface area contributed by atoms with Crippen LogP contribution in [0.1, 0.15) is 0 Å². The fraction of sp³-hybridized carbons (Fsp3) is 0.0556. The van der Waals surface area contributed by atoms with Gasteiger partial charge in [0, 0.05) is 35.7 Å². The van der Waals surface area contributed by atoms with Crippen LogP contribution in [0.25, 0.3) is 38.4 Å². The van der Waals surface area contributed by atoms with Gasteiger partial charge in [-0.3, -0.25) is 4.40 Å². The van der Waals surface area contributed by atoms with Crippen LogP contribution in [-0.2, 0) is 7.05 Å². The van der Waals surface area contributed by atoms with Crippen LogP contribution >= 0.6 is 0 Å². The molecule has 2 aromatic carbocycles. The molecule has 0 unspecified atom stereocenters. The highest BCUT2D eigenvalue weighted by molar-refractivity contribution is 6.01. The van der Waals surface area contributed by atoms with Gasteiger partial charge < -0.3 is 4.57 Å². The minimum absolute atomic E-state index is 1.03. The lowest BCUT2D eigenvalue weighted by atomic mass is 10.2. The number of benzene rings is 2. The SMILES string of the molecule is Cn1ccc2cc3nc4c5ccccc5ccn4c3cc21. The van der Waals surface area contributed by atoms with Gasteiger partial charge in [0.25, 0.3) is 0 Å². The van der Waals surface area contributed by atoms with Crippen molar-refractivity contribution < 1.29 is 0 Å². The van der Waals surface area contributed by atoms with Crippen molar-refractivity contribution in [2.24, 2.45) is 7.05 Å². The van der Waals surface area contributed by atoms with Gasteiger partial charge in [-0.2, -0.15) is 0 Å². The molecule has 100 valence electrons. The summed E-state index contributed by atoms with van der Waals surface area (Å²) in [7, 11) is 2.08. The number of pyridine rings is 1. The Labute approximate surface area is 121 Å². The highest BCUT2D eigenvalue weighted by Gasteiger charge is 2.09. The normalized spacial score (nSPS) is 12.0. The summed E-state index contributed by atoms with van der Waals surface area (Å²) in [6, 6.07) is 17.1. The van der Waals surface area contributed by atoms with Crippen molar-refractivity contribution in [3.05, 3.63) is 60.9 Å². The molecule has 3 heteroatoms. The number of fused-ring (bicyclic) bond motifs is 6. The zero-order valence-corrected chi connectivity index (χ0v) is 11.6. The Hall–Kier alpha value is -2.81. The first-order valence-corrected chi connectivity index (χ1v) is 7.06. The maximum absolute atomic E-state index is 4.86. The van der Waals surface area contributed by atoms with Crippen molar-refractivity contribution in [1.82, 2.24) is 14.0 Å². The molecule has 0 amide bonds. The molecule has 5 aromatic rings. The third-order valence-corrected chi connectivity index (χ3v) is 4.30. The molecule has 0 aliphatic heterocycles. The Balaban J connectivity index is 2.05. The van der Waals surface area contributed by atoms with Gasteiger partial charge in [0.15, 0.2) is 0 Å². The first kappa shape index (κ1) is 10.9. The fourth-order valence-electron chi connectivity index (χ4n) is 3.20. The molecule has 0 atom stereocenters. The lowest BCUT2D eigenvalue weighted by Gasteiger charge is -2.01. The molecule has 21 heavy (non-hydrogen) atoms. The van der Waals surface area contributed by atoms with E-state index >= 15 is 0 Å². The number of nitrogens with zero attached hydrogens (tertiary/aromatic N) is 3. The number of aryl methyl sites for hydroxylation is 1. The maximum Gasteiger partial charge on any atom is 0.145 e. The molecule has 5 rings (SSSR count).